The van der Waals surface area contributed by atoms with E-state index in [0.717, 1.165) is 0 Å². The molecule has 25 heavy (non-hydrogen) atoms. The van der Waals surface area contributed by atoms with Gasteiger partial charge in [0.15, 0.2) is 0 Å². The van der Waals surface area contributed by atoms with Gasteiger partial charge in [0.2, 0.25) is 0 Å². The van der Waals surface area contributed by atoms with Gasteiger partial charge >= 0.3 is 0 Å². The van der Waals surface area contributed by atoms with Gasteiger partial charge in [-0.15, -0.1) is 26.2 Å². The molecule has 0 aliphatic heterocycles. The first-order valence-corrected chi connectivity index (χ1v) is 9.31. The third kappa shape index (κ3) is 2.88. The molecule has 1 saturated carbocycles. The Kier molecular flexibility index (Phi) is 5.46. The first kappa shape index (κ1) is 18.4. The zero-order valence-electron chi connectivity index (χ0n) is 14.3. The van der Waals surface area contributed by atoms with Crippen molar-refractivity contribution in [3.8, 4) is 0 Å². The third-order valence-corrected chi connectivity index (χ3v) is 6.82. The normalized spacial score (nSPS) is 21.5. The van der Waals surface area contributed by atoms with Crippen LogP contribution in [0.2, 0.25) is 0 Å². The van der Waals surface area contributed by atoms with Gasteiger partial charge in [-0.3, -0.25) is 0 Å². The van der Waals surface area contributed by atoms with Gasteiger partial charge in [-0.1, -0.05) is 97.4 Å². The van der Waals surface area contributed by atoms with Crippen LogP contribution in [0.15, 0.2) is 91.0 Å². The van der Waals surface area contributed by atoms with Crippen LogP contribution < -0.4 is 0 Å². The van der Waals surface area contributed by atoms with E-state index in [1.807, 2.05) is 0 Å². The number of hydrogen-bond acceptors (Lipinski definition) is 0. The quantitative estimate of drug-likeness (QED) is 0.432. The van der Waals surface area contributed by atoms with Gasteiger partial charge in [0, 0.05) is 10.6 Å². The van der Waals surface area contributed by atoms with Crippen molar-refractivity contribution in [1.29, 1.82) is 0 Å². The Morgan fingerprint density at radius 2 is 0.960 bits per heavy atom. The maximum Gasteiger partial charge on any atom is 0.0333 e. The van der Waals surface area contributed by atoms with E-state index >= 15 is 0 Å². The monoisotopic (exact) mass is 410 g/mol. The summed E-state index contributed by atoms with van der Waals surface area (Å²) in [5, 5.41) is 0.0248. The Balaban J connectivity index is 0.00000182. The van der Waals surface area contributed by atoms with Crippen molar-refractivity contribution in [3.05, 3.63) is 108 Å². The number of rotatable bonds is 3. The topological polar surface area (TPSA) is 0 Å². The summed E-state index contributed by atoms with van der Waals surface area (Å²) in [5.74, 6) is 0. The lowest BCUT2D eigenvalue weighted by atomic mass is 9.64. The Morgan fingerprint density at radius 1 is 0.560 bits per heavy atom. The molecule has 0 nitrogen and oxygen atoms in total. The SMILES string of the molecule is Br.PC1(c2ccccc2)CCCC1(c1ccccc1)c1ccccc1. The molecule has 3 aromatic rings. The minimum atomic E-state index is 0. The summed E-state index contributed by atoms with van der Waals surface area (Å²) in [4.78, 5) is 0. The molecule has 0 saturated heterocycles. The minimum absolute atomic E-state index is 0. The molecular formula is C23H24BrP. The lowest BCUT2D eigenvalue weighted by Crippen LogP contribution is -2.41. The molecular weight excluding hydrogens is 387 g/mol. The fourth-order valence-electron chi connectivity index (χ4n) is 4.61. The summed E-state index contributed by atoms with van der Waals surface area (Å²) in [6.45, 7) is 0. The molecule has 1 aliphatic rings. The van der Waals surface area contributed by atoms with Crippen LogP contribution in [0, 0.1) is 0 Å². The highest BCUT2D eigenvalue weighted by Gasteiger charge is 2.54. The minimum Gasteiger partial charge on any atom is -0.125 e. The standard InChI is InChI=1S/C23H23P.BrH/c24-23(21-15-8-3-9-16-21)18-10-17-22(23,19-11-4-1-5-12-19)20-13-6-2-7-14-20;/h1-9,11-16H,10,17-18,24H2;1H. The molecule has 4 rings (SSSR count). The van der Waals surface area contributed by atoms with Crippen LogP contribution >= 0.6 is 26.2 Å². The van der Waals surface area contributed by atoms with E-state index < -0.39 is 0 Å². The fraction of sp³-hybridized carbons (Fsp3) is 0.217. The molecule has 0 heterocycles. The molecule has 0 N–H and O–H groups in total. The van der Waals surface area contributed by atoms with Crippen molar-refractivity contribution in [1.82, 2.24) is 0 Å². The van der Waals surface area contributed by atoms with Gasteiger partial charge in [0.25, 0.3) is 0 Å². The van der Waals surface area contributed by atoms with Crippen LogP contribution in [-0.4, -0.2) is 0 Å². The summed E-state index contributed by atoms with van der Waals surface area (Å²) in [6.07, 6.45) is 3.60. The predicted octanol–water partition coefficient (Wildman–Crippen LogP) is 6.51. The molecule has 128 valence electrons. The number of benzene rings is 3. The molecule has 0 bridgehead atoms. The smallest absolute Gasteiger partial charge is 0.0333 e. The van der Waals surface area contributed by atoms with E-state index in [9.17, 15) is 0 Å². The molecule has 2 atom stereocenters. The number of hydrogen-bond donors (Lipinski definition) is 0. The zero-order chi connectivity index (χ0) is 16.5. The van der Waals surface area contributed by atoms with Crippen molar-refractivity contribution in [2.45, 2.75) is 29.8 Å². The highest BCUT2D eigenvalue weighted by Crippen LogP contribution is 2.62. The second-order valence-corrected chi connectivity index (χ2v) is 7.81. The maximum atomic E-state index is 3.26. The molecule has 0 spiro atoms. The molecule has 1 aliphatic carbocycles. The fourth-order valence-corrected chi connectivity index (χ4v) is 5.49. The van der Waals surface area contributed by atoms with Crippen LogP contribution in [0.5, 0.6) is 0 Å². The predicted molar refractivity (Wildman–Crippen MR) is 116 cm³/mol. The maximum absolute atomic E-state index is 3.26. The first-order valence-electron chi connectivity index (χ1n) is 8.73. The second kappa shape index (κ2) is 7.44. The molecule has 3 aromatic carbocycles. The van der Waals surface area contributed by atoms with Crippen molar-refractivity contribution >= 4 is 26.2 Å². The largest absolute Gasteiger partial charge is 0.125 e. The highest BCUT2D eigenvalue weighted by molar-refractivity contribution is 8.93. The molecule has 1 fully saturated rings. The van der Waals surface area contributed by atoms with E-state index in [4.69, 9.17) is 0 Å². The molecule has 0 amide bonds. The molecule has 2 unspecified atom stereocenters. The van der Waals surface area contributed by atoms with Crippen LogP contribution in [-0.2, 0) is 10.6 Å². The average molecular weight is 411 g/mol. The first-order chi connectivity index (χ1) is 11.8. The lowest BCUT2D eigenvalue weighted by Gasteiger charge is -2.45. The van der Waals surface area contributed by atoms with Gasteiger partial charge in [-0.2, -0.15) is 0 Å². The summed E-state index contributed by atoms with van der Waals surface area (Å²) in [6, 6.07) is 33.2. The summed E-state index contributed by atoms with van der Waals surface area (Å²) >= 11 is 0. The van der Waals surface area contributed by atoms with E-state index in [2.05, 4.69) is 100 Å². The highest BCUT2D eigenvalue weighted by atomic mass is 79.9. The van der Waals surface area contributed by atoms with Crippen LogP contribution in [0.4, 0.5) is 0 Å². The van der Waals surface area contributed by atoms with E-state index in [0.29, 0.717) is 0 Å². The van der Waals surface area contributed by atoms with Crippen LogP contribution in [0.25, 0.3) is 0 Å². The Labute approximate surface area is 163 Å². The molecule has 2 heteroatoms. The summed E-state index contributed by atoms with van der Waals surface area (Å²) < 4.78 is 0. The third-order valence-electron chi connectivity index (χ3n) is 5.71. The van der Waals surface area contributed by atoms with Crippen molar-refractivity contribution in [3.63, 3.8) is 0 Å². The van der Waals surface area contributed by atoms with Crippen LogP contribution in [0.1, 0.15) is 36.0 Å². The average Bonchev–Trinajstić information content (AvgIpc) is 3.03. The zero-order valence-corrected chi connectivity index (χ0v) is 17.1. The second-order valence-electron chi connectivity index (χ2n) is 6.83. The summed E-state index contributed by atoms with van der Waals surface area (Å²) in [5.41, 5.74) is 4.27. The number of halogens is 1. The Bertz CT molecular complexity index is 762. The van der Waals surface area contributed by atoms with Crippen molar-refractivity contribution in [2.75, 3.05) is 0 Å². The van der Waals surface area contributed by atoms with Gasteiger partial charge in [-0.05, 0) is 29.5 Å². The molecule has 0 radical (unpaired) electrons. The van der Waals surface area contributed by atoms with Crippen LogP contribution in [0.3, 0.4) is 0 Å². The Hall–Kier alpha value is -1.43. The van der Waals surface area contributed by atoms with Crippen molar-refractivity contribution in [2.24, 2.45) is 0 Å². The van der Waals surface area contributed by atoms with Gasteiger partial charge in [0.1, 0.15) is 0 Å². The van der Waals surface area contributed by atoms with E-state index in [1.165, 1.54) is 36.0 Å². The van der Waals surface area contributed by atoms with Gasteiger partial charge < -0.3 is 0 Å². The van der Waals surface area contributed by atoms with Crippen molar-refractivity contribution < 1.29 is 0 Å². The summed E-state index contributed by atoms with van der Waals surface area (Å²) in [7, 11) is 3.26. The van der Waals surface area contributed by atoms with E-state index in [1.54, 1.807) is 0 Å². The van der Waals surface area contributed by atoms with E-state index in [-0.39, 0.29) is 27.6 Å². The molecule has 0 aromatic heterocycles. The Morgan fingerprint density at radius 3 is 1.40 bits per heavy atom. The van der Waals surface area contributed by atoms with Gasteiger partial charge in [0.05, 0.1) is 0 Å². The lowest BCUT2D eigenvalue weighted by molar-refractivity contribution is 0.428. The van der Waals surface area contributed by atoms with Gasteiger partial charge in [-0.25, -0.2) is 0 Å².